The van der Waals surface area contributed by atoms with Crippen LogP contribution in [0.3, 0.4) is 0 Å². The first-order chi connectivity index (χ1) is 2.56. The normalized spacial score (nSPS) is 14.9. The van der Waals surface area contributed by atoms with Crippen LogP contribution in [0.5, 0.6) is 0 Å². The smallest absolute Gasteiger partial charge is 0.756 e. The Balaban J connectivity index is -0.000000125. The monoisotopic (exact) mass is 302 g/mol. The molecule has 0 rings (SSSR count). The van der Waals surface area contributed by atoms with Crippen LogP contribution in [0.4, 0.5) is 0 Å². The molecule has 1 atom stereocenters. The molecule has 0 heterocycles. The van der Waals surface area contributed by atoms with Crippen LogP contribution in [0.2, 0.25) is 0 Å². The van der Waals surface area contributed by atoms with Crippen LogP contribution >= 0.6 is 30.8 Å². The van der Waals surface area contributed by atoms with Crippen molar-refractivity contribution in [1.29, 1.82) is 0 Å². The van der Waals surface area contributed by atoms with Gasteiger partial charge < -0.3 is 17.2 Å². The second kappa shape index (κ2) is 6.58. The molecular formula is CH4IO4PZn. The minimum absolute atomic E-state index is 0. The maximum absolute atomic E-state index is 9.35. The molecule has 1 unspecified atom stereocenters. The van der Waals surface area contributed by atoms with Crippen LogP contribution in [-0.4, -0.2) is 4.89 Å². The molecule has 0 bridgehead atoms. The van der Waals surface area contributed by atoms with Gasteiger partial charge in [-0.05, 0) is 0 Å². The summed E-state index contributed by atoms with van der Waals surface area (Å²) >= 11 is 1.07. The van der Waals surface area contributed by atoms with Crippen molar-refractivity contribution in [1.82, 2.24) is 0 Å². The van der Waals surface area contributed by atoms with Crippen molar-refractivity contribution < 1.29 is 36.7 Å². The molecule has 1 N–H and O–H groups in total. The molecule has 0 aromatic rings. The third-order valence-electron chi connectivity index (χ3n) is 0.0872. The molecule has 0 aliphatic heterocycles. The molecule has 4 nitrogen and oxygen atoms in total. The first kappa shape index (κ1) is 16.2. The van der Waals surface area contributed by atoms with Crippen molar-refractivity contribution in [3.05, 3.63) is 7.43 Å². The van der Waals surface area contributed by atoms with Crippen molar-refractivity contribution in [2.75, 3.05) is 0 Å². The zero-order valence-corrected chi connectivity index (χ0v) is 10.2. The van der Waals surface area contributed by atoms with E-state index in [0.29, 0.717) is 0 Å². The van der Waals surface area contributed by atoms with Gasteiger partial charge in [-0.3, -0.25) is 4.57 Å². The molecule has 46 valence electrons. The molecule has 0 saturated heterocycles. The van der Waals surface area contributed by atoms with E-state index in [4.69, 9.17) is 4.89 Å². The Morgan fingerprint density at radius 1 is 1.75 bits per heavy atom. The fraction of sp³-hybridized carbons (Fsp3) is 0. The average Bonchev–Trinajstić information content (AvgIpc) is 1.35. The fourth-order valence-corrected chi connectivity index (χ4v) is 0. The molecule has 0 aromatic heterocycles. The van der Waals surface area contributed by atoms with E-state index in [-0.39, 0.29) is 26.9 Å². The van der Waals surface area contributed by atoms with Gasteiger partial charge in [0.05, 0.1) is 0 Å². The number of rotatable bonds is 1. The molecule has 0 amide bonds. The van der Waals surface area contributed by atoms with Gasteiger partial charge in [-0.2, -0.15) is 0 Å². The van der Waals surface area contributed by atoms with Crippen molar-refractivity contribution in [2.24, 2.45) is 0 Å². The second-order valence-electron chi connectivity index (χ2n) is 0.538. The molecule has 0 radical (unpaired) electrons. The molecule has 0 fully saturated rings. The summed E-state index contributed by atoms with van der Waals surface area (Å²) in [6, 6.07) is 0. The maximum Gasteiger partial charge on any atom is 2.00 e. The number of phosphoric acid groups is 1. The van der Waals surface area contributed by atoms with Crippen LogP contribution in [-0.2, 0) is 26.9 Å². The Kier molecular flexibility index (Phi) is 13.3. The summed E-state index contributed by atoms with van der Waals surface area (Å²) in [4.78, 5) is 17.0. The zero-order valence-electron chi connectivity index (χ0n) is 4.20. The van der Waals surface area contributed by atoms with E-state index in [1.165, 1.54) is 0 Å². The zero-order chi connectivity index (χ0) is 5.21. The largest absolute Gasteiger partial charge is 2.00 e. The maximum atomic E-state index is 9.35. The average molecular weight is 303 g/mol. The summed E-state index contributed by atoms with van der Waals surface area (Å²) in [7, 11) is -4.41. The Hall–Kier alpha value is 1.46. The Labute approximate surface area is 74.7 Å². The topological polar surface area (TPSA) is 69.6 Å². The summed E-state index contributed by atoms with van der Waals surface area (Å²) in [5.41, 5.74) is 0. The first-order valence-corrected chi connectivity index (χ1v) is 3.28. The van der Waals surface area contributed by atoms with E-state index in [9.17, 15) is 9.46 Å². The molecule has 0 spiro atoms. The standard InChI is InChI=1S/CH3.H2IO4P.Zn/c;1-5-6(2,3)4;/h1H3;(H2,2,3,4);/q-1;;+2/p-1. The number of hydrogen-bond acceptors (Lipinski definition) is 3. The Morgan fingerprint density at radius 2 is 1.88 bits per heavy atom. The van der Waals surface area contributed by atoms with E-state index in [1.54, 1.807) is 0 Å². The van der Waals surface area contributed by atoms with Gasteiger partial charge in [0.1, 0.15) is 23.0 Å². The van der Waals surface area contributed by atoms with Gasteiger partial charge in [-0.25, -0.2) is 2.85 Å². The van der Waals surface area contributed by atoms with Gasteiger partial charge >= 0.3 is 19.5 Å². The van der Waals surface area contributed by atoms with Crippen LogP contribution < -0.4 is 4.89 Å². The third kappa shape index (κ3) is 15.7. The SMILES string of the molecule is O=P([O-])(O)OI.[CH3-].[Zn+2]. The quantitative estimate of drug-likeness (QED) is 0.326. The van der Waals surface area contributed by atoms with Gasteiger partial charge in [-0.1, -0.05) is 0 Å². The number of halogens is 1. The van der Waals surface area contributed by atoms with Gasteiger partial charge in [0.15, 0.2) is 0 Å². The van der Waals surface area contributed by atoms with Crippen LogP contribution in [0.25, 0.3) is 0 Å². The first-order valence-electron chi connectivity index (χ1n) is 0.902. The summed E-state index contributed by atoms with van der Waals surface area (Å²) < 4.78 is 12.8. The fourth-order valence-electron chi connectivity index (χ4n) is 0. The van der Waals surface area contributed by atoms with Gasteiger partial charge in [-0.15, -0.1) is 0 Å². The van der Waals surface area contributed by atoms with Gasteiger partial charge in [0.2, 0.25) is 0 Å². The Morgan fingerprint density at radius 3 is 1.88 bits per heavy atom. The predicted molar refractivity (Wildman–Crippen MR) is 31.3 cm³/mol. The molecule has 0 aliphatic rings. The van der Waals surface area contributed by atoms with E-state index < -0.39 is 7.82 Å². The summed E-state index contributed by atoms with van der Waals surface area (Å²) in [6.07, 6.45) is 0. The van der Waals surface area contributed by atoms with Crippen LogP contribution in [0, 0.1) is 7.43 Å². The minimum Gasteiger partial charge on any atom is -0.756 e. The molecule has 0 aliphatic carbocycles. The second-order valence-corrected chi connectivity index (χ2v) is 2.79. The third-order valence-corrected chi connectivity index (χ3v) is 1.75. The van der Waals surface area contributed by atoms with Crippen LogP contribution in [0.15, 0.2) is 0 Å². The summed E-state index contributed by atoms with van der Waals surface area (Å²) in [6.45, 7) is 0. The molecule has 0 aromatic carbocycles. The van der Waals surface area contributed by atoms with Gasteiger partial charge in [0, 0.05) is 0 Å². The van der Waals surface area contributed by atoms with Crippen molar-refractivity contribution in [2.45, 2.75) is 0 Å². The van der Waals surface area contributed by atoms with Crippen molar-refractivity contribution in [3.8, 4) is 0 Å². The van der Waals surface area contributed by atoms with Crippen molar-refractivity contribution >= 4 is 30.8 Å². The van der Waals surface area contributed by atoms with Crippen LogP contribution in [0.1, 0.15) is 0 Å². The van der Waals surface area contributed by atoms with Gasteiger partial charge in [0.25, 0.3) is 7.82 Å². The Bertz CT molecular complexity index is 80.1. The van der Waals surface area contributed by atoms with Crippen molar-refractivity contribution in [3.63, 3.8) is 0 Å². The molecule has 8 heavy (non-hydrogen) atoms. The number of hydrogen-bond donors (Lipinski definition) is 1. The summed E-state index contributed by atoms with van der Waals surface area (Å²) in [5.74, 6) is 0. The molecular weight excluding hydrogens is 299 g/mol. The molecule has 0 saturated carbocycles. The molecule has 7 heteroatoms. The van der Waals surface area contributed by atoms with E-state index in [1.807, 2.05) is 0 Å². The van der Waals surface area contributed by atoms with E-state index >= 15 is 0 Å². The van der Waals surface area contributed by atoms with E-state index in [2.05, 4.69) is 2.85 Å². The summed E-state index contributed by atoms with van der Waals surface area (Å²) in [5, 5.41) is 0. The van der Waals surface area contributed by atoms with E-state index in [0.717, 1.165) is 23.0 Å². The minimum atomic E-state index is -4.41. The predicted octanol–water partition coefficient (Wildman–Crippen LogP) is 0.261.